The van der Waals surface area contributed by atoms with Crippen LogP contribution in [-0.2, 0) is 0 Å². The highest BCUT2D eigenvalue weighted by molar-refractivity contribution is 6.40. The summed E-state index contributed by atoms with van der Waals surface area (Å²) in [6, 6.07) is 41.9. The highest BCUT2D eigenvalue weighted by atomic mass is 35.5. The van der Waals surface area contributed by atoms with Crippen LogP contribution in [0.4, 0.5) is 13.2 Å². The maximum Gasteiger partial charge on any atom is 0.262 e. The summed E-state index contributed by atoms with van der Waals surface area (Å²) in [4.78, 5) is 78.5. The monoisotopic (exact) mass is 1380 g/mol. The molecule has 0 saturated heterocycles. The number of hydrogen-bond acceptors (Lipinski definition) is 12. The van der Waals surface area contributed by atoms with Gasteiger partial charge >= 0.3 is 0 Å². The van der Waals surface area contributed by atoms with Gasteiger partial charge in [-0.05, 0) is 185 Å². The van der Waals surface area contributed by atoms with E-state index in [-0.39, 0.29) is 63.2 Å². The quantitative estimate of drug-likeness (QED) is 0.0630. The number of aryl methyl sites for hydroxylation is 3. The smallest absolute Gasteiger partial charge is 0.262 e. The van der Waals surface area contributed by atoms with E-state index in [4.69, 9.17) is 37.4 Å². The van der Waals surface area contributed by atoms with Gasteiger partial charge in [0.25, 0.3) is 16.7 Å². The molecule has 0 aliphatic rings. The number of ketones is 2. The molecule has 99 heavy (non-hydrogen) atoms. The van der Waals surface area contributed by atoms with Crippen molar-refractivity contribution >= 4 is 34.8 Å². The summed E-state index contributed by atoms with van der Waals surface area (Å²) in [7, 11) is 4.60. The van der Waals surface area contributed by atoms with Crippen molar-refractivity contribution in [2.45, 2.75) is 65.8 Å². The number of nitrogens with zero attached hydrogens (tertiary/aromatic N) is 9. The second-order valence-corrected chi connectivity index (χ2v) is 23.6. The molecule has 18 nitrogen and oxygen atoms in total. The molecule has 0 spiro atoms. The number of rotatable bonds is 18. The van der Waals surface area contributed by atoms with Crippen molar-refractivity contribution in [2.75, 3.05) is 26.7 Å². The lowest BCUT2D eigenvalue weighted by Gasteiger charge is -2.19. The van der Waals surface area contributed by atoms with Gasteiger partial charge in [0.05, 0.1) is 115 Å². The van der Waals surface area contributed by atoms with Crippen LogP contribution in [0.2, 0.25) is 0 Å². The molecule has 12 aromatic rings. The van der Waals surface area contributed by atoms with Crippen LogP contribution in [0.3, 0.4) is 0 Å². The summed E-state index contributed by atoms with van der Waals surface area (Å²) in [5, 5.41) is 11.2. The molecule has 0 bridgehead atoms. The number of methoxy groups -OCH3 is 3. The number of benzene rings is 6. The zero-order valence-corrected chi connectivity index (χ0v) is 56.9. The van der Waals surface area contributed by atoms with Crippen molar-refractivity contribution < 1.29 is 42.1 Å². The van der Waals surface area contributed by atoms with Crippen LogP contribution in [0.25, 0.3) is 17.1 Å². The Morgan fingerprint density at radius 1 is 0.444 bits per heavy atom. The molecule has 12 rings (SSSR count). The van der Waals surface area contributed by atoms with Crippen molar-refractivity contribution in [3.05, 3.63) is 336 Å². The van der Waals surface area contributed by atoms with Gasteiger partial charge in [-0.15, -0.1) is 23.2 Å². The van der Waals surface area contributed by atoms with Gasteiger partial charge < -0.3 is 46.7 Å². The molecule has 6 aromatic carbocycles. The molecule has 6 heterocycles. The van der Waals surface area contributed by atoms with Crippen molar-refractivity contribution in [3.63, 3.8) is 0 Å². The van der Waals surface area contributed by atoms with Crippen LogP contribution in [-0.4, -0.2) is 85.7 Å². The van der Waals surface area contributed by atoms with E-state index < -0.39 is 28.8 Å². The van der Waals surface area contributed by atoms with Crippen LogP contribution in [0.15, 0.2) is 234 Å². The van der Waals surface area contributed by atoms with Gasteiger partial charge in [-0.25, -0.2) is 28.1 Å². The number of aliphatic hydroxyl groups excluding tert-OH is 1. The third-order valence-electron chi connectivity index (χ3n) is 16.4. The number of halogens is 5. The minimum Gasteiger partial charge on any atom is -0.495 e. The number of pyridine rings is 3. The van der Waals surface area contributed by atoms with E-state index in [1.807, 2.05) is 79.9 Å². The Hall–Kier alpha value is -11.1. The van der Waals surface area contributed by atoms with Gasteiger partial charge in [-0.3, -0.25) is 24.0 Å². The first kappa shape index (κ1) is 72.1. The van der Waals surface area contributed by atoms with E-state index in [1.165, 1.54) is 76.5 Å². The van der Waals surface area contributed by atoms with Gasteiger partial charge in [-0.1, -0.05) is 42.5 Å². The van der Waals surface area contributed by atoms with Crippen molar-refractivity contribution in [2.24, 2.45) is 0 Å². The lowest BCUT2D eigenvalue weighted by Crippen LogP contribution is -2.28. The number of hydrogen-bond donors (Lipinski definition) is 1. The molecule has 0 amide bonds. The molecule has 23 heteroatoms. The van der Waals surface area contributed by atoms with Crippen LogP contribution >= 0.6 is 23.2 Å². The van der Waals surface area contributed by atoms with Gasteiger partial charge in [0.2, 0.25) is 0 Å². The van der Waals surface area contributed by atoms with Crippen molar-refractivity contribution in [3.8, 4) is 34.3 Å². The first-order chi connectivity index (χ1) is 47.6. The molecule has 0 aliphatic carbocycles. The molecule has 1 N–H and O–H groups in total. The average Bonchev–Trinajstić information content (AvgIpc) is 1.34. The first-order valence-electron chi connectivity index (χ1n) is 30.9. The number of carbonyl (C=O) groups is 2. The Bertz CT molecular complexity index is 4780. The SMILES string of the molecule is COc1cc(C(=O)c2cccn(C(C)c3ccc(F)cc3)c2=O)ccc1-n1cnc(C)c1.COc1cc(C(=O)c2cccn(C(C)c3ccc(F)cc3)c2=O)ccc1-n1cnc(C)c1.COc1cc(C(O)c2cccn(C(C)c3ccc(F)cc3)c2=O)ccc1-n1cnc(C)c1.ClCCl. The Morgan fingerprint density at radius 3 is 1.07 bits per heavy atom. The number of alkyl halides is 2. The normalized spacial score (nSPS) is 12.1. The Morgan fingerprint density at radius 2 is 0.747 bits per heavy atom. The van der Waals surface area contributed by atoms with Crippen LogP contribution in [0, 0.1) is 38.2 Å². The summed E-state index contributed by atoms with van der Waals surface area (Å²) < 4.78 is 66.2. The lowest BCUT2D eigenvalue weighted by molar-refractivity contribution is 0.102. The van der Waals surface area contributed by atoms with Crippen LogP contribution in [0.5, 0.6) is 17.2 Å². The molecule has 4 atom stereocenters. The summed E-state index contributed by atoms with van der Waals surface area (Å²) in [6.07, 6.45) is 14.4. The number of aromatic nitrogens is 9. The average molecular weight is 1380 g/mol. The molecule has 0 radical (unpaired) electrons. The van der Waals surface area contributed by atoms with Gasteiger partial charge in [0.15, 0.2) is 11.6 Å². The second kappa shape index (κ2) is 32.7. The van der Waals surface area contributed by atoms with E-state index in [2.05, 4.69) is 15.0 Å². The molecular weight excluding hydrogens is 1310 g/mol. The molecule has 0 fully saturated rings. The van der Waals surface area contributed by atoms with Gasteiger partial charge in [0.1, 0.15) is 40.8 Å². The summed E-state index contributed by atoms with van der Waals surface area (Å²) in [6.45, 7) is 11.2. The maximum absolute atomic E-state index is 13.3. The second-order valence-electron chi connectivity index (χ2n) is 22.8. The highest BCUT2D eigenvalue weighted by Crippen LogP contribution is 2.32. The number of imidazole rings is 3. The summed E-state index contributed by atoms with van der Waals surface area (Å²) in [5.41, 5.74) is 7.57. The molecular formula is C76H70Cl2F3N9O9. The predicted octanol–water partition coefficient (Wildman–Crippen LogP) is 14.3. The molecule has 6 aromatic heterocycles. The fourth-order valence-electron chi connectivity index (χ4n) is 11.0. The number of carbonyl (C=O) groups excluding carboxylic acids is 2. The Balaban J connectivity index is 0.000000170. The minimum absolute atomic E-state index is 0.0507. The molecule has 508 valence electrons. The molecule has 0 aliphatic heterocycles. The van der Waals surface area contributed by atoms with E-state index in [9.17, 15) is 42.3 Å². The zero-order valence-electron chi connectivity index (χ0n) is 55.4. The third kappa shape index (κ3) is 16.8. The topological polar surface area (TPSA) is 202 Å². The molecule has 4 unspecified atom stereocenters. The largest absolute Gasteiger partial charge is 0.495 e. The number of aliphatic hydroxyl groups is 1. The standard InChI is InChI=1S/C25H24FN3O3.2C25H22FN3O3.CH2Cl2/c3*1-16-14-28(15-27-16)22-11-8-19(13-23(22)32-3)24(30)21-5-4-12-29(25(21)31)17(2)18-6-9-20(26)10-7-18;2-1-3/h4-15,17,24,30H,1-3H3;2*4-15,17H,1-3H3;1H2. The van der Waals surface area contributed by atoms with E-state index in [1.54, 1.807) is 154 Å². The Labute approximate surface area is 578 Å². The fraction of sp³-hybridized carbons (Fsp3) is 0.184. The Kier molecular flexibility index (Phi) is 23.9. The first-order valence-corrected chi connectivity index (χ1v) is 32.0. The van der Waals surface area contributed by atoms with E-state index in [0.717, 1.165) is 50.8 Å². The number of ether oxygens (including phenoxy) is 3. The minimum atomic E-state index is -1.14. The summed E-state index contributed by atoms with van der Waals surface area (Å²) >= 11 is 9.53. The van der Waals surface area contributed by atoms with E-state index in [0.29, 0.717) is 33.9 Å². The highest BCUT2D eigenvalue weighted by Gasteiger charge is 2.24. The van der Waals surface area contributed by atoms with Crippen LogP contribution in [0.1, 0.15) is 122 Å². The predicted molar refractivity (Wildman–Crippen MR) is 375 cm³/mol. The maximum atomic E-state index is 13.3. The lowest BCUT2D eigenvalue weighted by atomic mass is 10.0. The molecule has 0 saturated carbocycles. The van der Waals surface area contributed by atoms with Crippen molar-refractivity contribution in [1.82, 2.24) is 42.4 Å². The van der Waals surface area contributed by atoms with Gasteiger partial charge in [0, 0.05) is 48.3 Å². The summed E-state index contributed by atoms with van der Waals surface area (Å²) in [5.74, 6) is -0.297. The van der Waals surface area contributed by atoms with Crippen LogP contribution < -0.4 is 30.9 Å². The third-order valence-corrected chi connectivity index (χ3v) is 16.4. The van der Waals surface area contributed by atoms with E-state index >= 15 is 0 Å². The van der Waals surface area contributed by atoms with Crippen molar-refractivity contribution in [1.29, 1.82) is 0 Å². The van der Waals surface area contributed by atoms with Gasteiger partial charge in [-0.2, -0.15) is 0 Å². The zero-order chi connectivity index (χ0) is 71.2. The fourth-order valence-corrected chi connectivity index (χ4v) is 11.0.